The van der Waals surface area contributed by atoms with Gasteiger partial charge in [-0.3, -0.25) is 14.4 Å². The van der Waals surface area contributed by atoms with Crippen LogP contribution in [-0.2, 0) is 10.2 Å². The summed E-state index contributed by atoms with van der Waals surface area (Å²) in [6.07, 6.45) is 3.53. The lowest BCUT2D eigenvalue weighted by Gasteiger charge is -2.12. The molecule has 0 radical (unpaired) electrons. The molecule has 0 aliphatic heterocycles. The third kappa shape index (κ3) is 4.31. The van der Waals surface area contributed by atoms with E-state index in [4.69, 9.17) is 4.74 Å². The van der Waals surface area contributed by atoms with Crippen molar-refractivity contribution in [3.8, 4) is 16.9 Å². The Balaban J connectivity index is 1.72. The number of ether oxygens (including phenoxy) is 1. The first-order valence-corrected chi connectivity index (χ1v) is 9.41. The van der Waals surface area contributed by atoms with Crippen LogP contribution in [0.4, 0.5) is 11.4 Å². The average Bonchev–Trinajstić information content (AvgIpc) is 2.63. The number of anilines is 2. The Kier molecular flexibility index (Phi) is 5.09. The second-order valence-electron chi connectivity index (χ2n) is 5.70. The Morgan fingerprint density at radius 1 is 0.885 bits per heavy atom. The molecule has 7 heteroatoms. The first-order valence-electron chi connectivity index (χ1n) is 7.92. The largest absolute Gasteiger partial charge is 0.497 e. The molecule has 0 aliphatic carbocycles. The average molecular weight is 369 g/mol. The first kappa shape index (κ1) is 17.8. The van der Waals surface area contributed by atoms with Crippen LogP contribution in [0.3, 0.4) is 0 Å². The van der Waals surface area contributed by atoms with Gasteiger partial charge in [0.2, 0.25) is 0 Å². The maximum Gasteiger partial charge on any atom is 0.321 e. The summed E-state index contributed by atoms with van der Waals surface area (Å²) < 4.78 is 34.6. The maximum atomic E-state index is 12.3. The number of hydrogen-bond donors (Lipinski definition) is 2. The zero-order valence-electron chi connectivity index (χ0n) is 14.4. The van der Waals surface area contributed by atoms with E-state index in [1.54, 1.807) is 55.9 Å². The SMILES string of the molecule is COc1ccc(NS(=O)(=O)Nc2ccc(-c3cnccc3C)cc2)cc1. The van der Waals surface area contributed by atoms with Crippen LogP contribution in [-0.4, -0.2) is 20.5 Å². The predicted octanol–water partition coefficient (Wildman–Crippen LogP) is 3.83. The van der Waals surface area contributed by atoms with Gasteiger partial charge in [-0.15, -0.1) is 0 Å². The summed E-state index contributed by atoms with van der Waals surface area (Å²) in [5.41, 5.74) is 4.01. The highest BCUT2D eigenvalue weighted by Crippen LogP contribution is 2.24. The lowest BCUT2D eigenvalue weighted by atomic mass is 10.0. The van der Waals surface area contributed by atoms with Crippen molar-refractivity contribution in [2.75, 3.05) is 16.6 Å². The van der Waals surface area contributed by atoms with E-state index in [1.807, 2.05) is 25.1 Å². The fraction of sp³-hybridized carbons (Fsp3) is 0.105. The lowest BCUT2D eigenvalue weighted by molar-refractivity contribution is 0.415. The van der Waals surface area contributed by atoms with E-state index in [-0.39, 0.29) is 0 Å². The van der Waals surface area contributed by atoms with E-state index in [0.717, 1.165) is 16.7 Å². The second kappa shape index (κ2) is 7.45. The standard InChI is InChI=1S/C19H19N3O3S/c1-14-11-12-20-13-19(14)15-3-5-16(6-4-15)21-26(23,24)22-17-7-9-18(25-2)10-8-17/h3-13,21-22H,1-2H3. The molecule has 0 unspecified atom stereocenters. The predicted molar refractivity (Wildman–Crippen MR) is 104 cm³/mol. The van der Waals surface area contributed by atoms with E-state index in [9.17, 15) is 8.42 Å². The molecule has 134 valence electrons. The monoisotopic (exact) mass is 369 g/mol. The van der Waals surface area contributed by atoms with Crippen molar-refractivity contribution < 1.29 is 13.2 Å². The summed E-state index contributed by atoms with van der Waals surface area (Å²) in [6.45, 7) is 2.01. The normalized spacial score (nSPS) is 11.0. The Morgan fingerprint density at radius 3 is 2.00 bits per heavy atom. The molecule has 0 aliphatic rings. The topological polar surface area (TPSA) is 80.3 Å². The molecule has 0 saturated carbocycles. The molecule has 0 amide bonds. The van der Waals surface area contributed by atoms with Crippen molar-refractivity contribution in [1.82, 2.24) is 4.98 Å². The number of hydrogen-bond acceptors (Lipinski definition) is 4. The molecule has 3 rings (SSSR count). The van der Waals surface area contributed by atoms with Crippen LogP contribution in [0.15, 0.2) is 67.0 Å². The number of benzene rings is 2. The molecule has 6 nitrogen and oxygen atoms in total. The fourth-order valence-electron chi connectivity index (χ4n) is 2.48. The number of aryl methyl sites for hydroxylation is 1. The molecule has 1 aromatic heterocycles. The van der Waals surface area contributed by atoms with E-state index >= 15 is 0 Å². The lowest BCUT2D eigenvalue weighted by Crippen LogP contribution is -2.21. The van der Waals surface area contributed by atoms with Crippen LogP contribution in [0.5, 0.6) is 5.75 Å². The molecule has 0 fully saturated rings. The fourth-order valence-corrected chi connectivity index (χ4v) is 3.42. The van der Waals surface area contributed by atoms with Crippen LogP contribution in [0.1, 0.15) is 5.56 Å². The van der Waals surface area contributed by atoms with E-state index in [0.29, 0.717) is 17.1 Å². The summed E-state index contributed by atoms with van der Waals surface area (Å²) in [5.74, 6) is 0.655. The number of nitrogens with zero attached hydrogens (tertiary/aromatic N) is 1. The van der Waals surface area contributed by atoms with E-state index in [1.165, 1.54) is 0 Å². The highest BCUT2D eigenvalue weighted by Gasteiger charge is 2.10. The molecule has 26 heavy (non-hydrogen) atoms. The number of pyridine rings is 1. The second-order valence-corrected chi connectivity index (χ2v) is 7.12. The summed E-state index contributed by atoms with van der Waals surface area (Å²) in [6, 6.07) is 15.7. The number of nitrogens with one attached hydrogen (secondary N) is 2. The zero-order valence-corrected chi connectivity index (χ0v) is 15.2. The molecular weight excluding hydrogens is 350 g/mol. The van der Waals surface area contributed by atoms with Gasteiger partial charge in [-0.05, 0) is 60.5 Å². The van der Waals surface area contributed by atoms with Crippen molar-refractivity contribution in [2.45, 2.75) is 6.92 Å². The van der Waals surface area contributed by atoms with Crippen LogP contribution in [0.2, 0.25) is 0 Å². The van der Waals surface area contributed by atoms with Gasteiger partial charge in [-0.2, -0.15) is 8.42 Å². The van der Waals surface area contributed by atoms with Gasteiger partial charge in [-0.1, -0.05) is 12.1 Å². The number of rotatable bonds is 6. The highest BCUT2D eigenvalue weighted by molar-refractivity contribution is 7.94. The highest BCUT2D eigenvalue weighted by atomic mass is 32.2. The Labute approximate surface area is 153 Å². The van der Waals surface area contributed by atoms with Crippen molar-refractivity contribution in [1.29, 1.82) is 0 Å². The van der Waals surface area contributed by atoms with Gasteiger partial charge in [0.15, 0.2) is 0 Å². The molecule has 1 heterocycles. The Hall–Kier alpha value is -3.06. The summed E-state index contributed by atoms with van der Waals surface area (Å²) in [4.78, 5) is 4.13. The van der Waals surface area contributed by atoms with Crippen molar-refractivity contribution in [3.63, 3.8) is 0 Å². The molecule has 0 atom stereocenters. The van der Waals surface area contributed by atoms with Crippen LogP contribution in [0.25, 0.3) is 11.1 Å². The summed E-state index contributed by atoms with van der Waals surface area (Å²) >= 11 is 0. The van der Waals surface area contributed by atoms with Crippen LogP contribution in [0, 0.1) is 6.92 Å². The zero-order chi connectivity index (χ0) is 18.6. The molecule has 2 aromatic carbocycles. The van der Waals surface area contributed by atoms with Gasteiger partial charge in [-0.25, -0.2) is 0 Å². The van der Waals surface area contributed by atoms with Gasteiger partial charge in [0.1, 0.15) is 5.75 Å². The van der Waals surface area contributed by atoms with E-state index in [2.05, 4.69) is 14.4 Å². The quantitative estimate of drug-likeness (QED) is 0.692. The van der Waals surface area contributed by atoms with E-state index < -0.39 is 10.2 Å². The van der Waals surface area contributed by atoms with Crippen LogP contribution >= 0.6 is 0 Å². The Morgan fingerprint density at radius 2 is 1.46 bits per heavy atom. The minimum absolute atomic E-state index is 0.445. The molecule has 0 spiro atoms. The van der Waals surface area contributed by atoms with Gasteiger partial charge >= 0.3 is 10.2 Å². The summed E-state index contributed by atoms with van der Waals surface area (Å²) in [5, 5.41) is 0. The number of aromatic nitrogens is 1. The molecule has 0 bridgehead atoms. The van der Waals surface area contributed by atoms with Gasteiger partial charge in [0, 0.05) is 18.0 Å². The maximum absolute atomic E-state index is 12.3. The van der Waals surface area contributed by atoms with Gasteiger partial charge < -0.3 is 4.74 Å². The molecule has 0 saturated heterocycles. The molecule has 3 aromatic rings. The minimum atomic E-state index is -3.75. The third-order valence-corrected chi connectivity index (χ3v) is 4.84. The van der Waals surface area contributed by atoms with Crippen molar-refractivity contribution >= 4 is 21.6 Å². The smallest absolute Gasteiger partial charge is 0.321 e. The first-order chi connectivity index (χ1) is 12.5. The van der Waals surface area contributed by atoms with Gasteiger partial charge in [0.25, 0.3) is 0 Å². The van der Waals surface area contributed by atoms with Crippen molar-refractivity contribution in [2.24, 2.45) is 0 Å². The molecule has 2 N–H and O–H groups in total. The Bertz CT molecular complexity index is 985. The van der Waals surface area contributed by atoms with Crippen LogP contribution < -0.4 is 14.2 Å². The third-order valence-electron chi connectivity index (χ3n) is 3.83. The number of methoxy groups -OCH3 is 1. The van der Waals surface area contributed by atoms with Crippen molar-refractivity contribution in [3.05, 3.63) is 72.6 Å². The minimum Gasteiger partial charge on any atom is -0.497 e. The van der Waals surface area contributed by atoms with Gasteiger partial charge in [0.05, 0.1) is 18.5 Å². The summed E-state index contributed by atoms with van der Waals surface area (Å²) in [7, 11) is -2.19. The molecular formula is C19H19N3O3S.